The van der Waals surface area contributed by atoms with Gasteiger partial charge in [0.05, 0.1) is 0 Å². The smallest absolute Gasteiger partial charge is 0.0264 e. The fourth-order valence-corrected chi connectivity index (χ4v) is 5.79. The molecule has 0 aromatic heterocycles. The van der Waals surface area contributed by atoms with Crippen LogP contribution in [0.4, 0.5) is 0 Å². The second kappa shape index (κ2) is 6.25. The van der Waals surface area contributed by atoms with Crippen LogP contribution in [0, 0.1) is 40.4 Å². The molecule has 6 unspecified atom stereocenters. The van der Waals surface area contributed by atoms with Gasteiger partial charge in [-0.15, -0.1) is 0 Å². The fraction of sp³-hybridized carbons (Fsp3) is 1.00. The van der Waals surface area contributed by atoms with E-state index in [2.05, 4.69) is 48.5 Å². The molecular weight excluding hydrogens is 252 g/mol. The van der Waals surface area contributed by atoms with Crippen molar-refractivity contribution in [3.8, 4) is 0 Å². The lowest BCUT2D eigenvalue weighted by atomic mass is 9.58. The Hall–Kier alpha value is 0. The second-order valence-electron chi connectivity index (χ2n) is 10.1. The minimum Gasteiger partial charge on any atom is -0.0622 e. The Bertz CT molecular complexity index is 336. The summed E-state index contributed by atoms with van der Waals surface area (Å²) in [6, 6.07) is 0. The van der Waals surface area contributed by atoms with Crippen molar-refractivity contribution in [2.45, 2.75) is 93.4 Å². The van der Waals surface area contributed by atoms with Crippen molar-refractivity contribution in [3.63, 3.8) is 0 Å². The third-order valence-electron chi connectivity index (χ3n) is 7.43. The minimum atomic E-state index is 0.495. The van der Waals surface area contributed by atoms with Gasteiger partial charge in [0.15, 0.2) is 0 Å². The van der Waals surface area contributed by atoms with E-state index in [1.807, 2.05) is 0 Å². The summed E-state index contributed by atoms with van der Waals surface area (Å²) < 4.78 is 0. The Balaban J connectivity index is 2.00. The van der Waals surface area contributed by atoms with Crippen molar-refractivity contribution < 1.29 is 0 Å². The van der Waals surface area contributed by atoms with Gasteiger partial charge in [-0.1, -0.05) is 61.3 Å². The van der Waals surface area contributed by atoms with E-state index in [0.29, 0.717) is 10.8 Å². The van der Waals surface area contributed by atoms with Crippen molar-refractivity contribution in [3.05, 3.63) is 0 Å². The highest BCUT2D eigenvalue weighted by molar-refractivity contribution is 5.01. The van der Waals surface area contributed by atoms with Crippen LogP contribution in [0.1, 0.15) is 93.4 Å². The Morgan fingerprint density at radius 3 is 2.38 bits per heavy atom. The molecule has 21 heavy (non-hydrogen) atoms. The van der Waals surface area contributed by atoms with E-state index in [4.69, 9.17) is 0 Å². The maximum Gasteiger partial charge on any atom is -0.0264 e. The van der Waals surface area contributed by atoms with E-state index in [1.54, 1.807) is 0 Å². The highest BCUT2D eigenvalue weighted by Crippen LogP contribution is 2.60. The highest BCUT2D eigenvalue weighted by Gasteiger charge is 2.51. The van der Waals surface area contributed by atoms with Gasteiger partial charge in [0.25, 0.3) is 0 Å². The summed E-state index contributed by atoms with van der Waals surface area (Å²) in [5.41, 5.74) is 1.16. The molecule has 0 aromatic carbocycles. The quantitative estimate of drug-likeness (QED) is 0.526. The van der Waals surface area contributed by atoms with Crippen molar-refractivity contribution in [2.24, 2.45) is 40.4 Å². The van der Waals surface area contributed by atoms with Crippen LogP contribution in [0.2, 0.25) is 0 Å². The number of hydrogen-bond donors (Lipinski definition) is 0. The Morgan fingerprint density at radius 2 is 1.76 bits per heavy atom. The van der Waals surface area contributed by atoms with Gasteiger partial charge >= 0.3 is 0 Å². The lowest BCUT2D eigenvalue weighted by Gasteiger charge is -2.47. The van der Waals surface area contributed by atoms with Crippen LogP contribution in [0.5, 0.6) is 0 Å². The van der Waals surface area contributed by atoms with Gasteiger partial charge in [-0.05, 0) is 72.5 Å². The largest absolute Gasteiger partial charge is 0.0622 e. The first-order valence-electron chi connectivity index (χ1n) is 9.65. The maximum atomic E-state index is 2.65. The van der Waals surface area contributed by atoms with Gasteiger partial charge in [0.1, 0.15) is 0 Å². The van der Waals surface area contributed by atoms with Crippen LogP contribution in [0.25, 0.3) is 0 Å². The molecule has 2 aliphatic rings. The summed E-state index contributed by atoms with van der Waals surface area (Å²) in [6.07, 6.45) is 10.3. The third-order valence-corrected chi connectivity index (χ3v) is 7.43. The van der Waals surface area contributed by atoms with Gasteiger partial charge < -0.3 is 0 Å². The number of hydrogen-bond acceptors (Lipinski definition) is 0. The van der Waals surface area contributed by atoms with E-state index in [0.717, 1.165) is 29.6 Å². The average molecular weight is 293 g/mol. The van der Waals surface area contributed by atoms with Gasteiger partial charge in [-0.25, -0.2) is 0 Å². The first kappa shape index (κ1) is 17.4. The molecule has 2 aliphatic carbocycles. The highest BCUT2D eigenvalue weighted by atomic mass is 14.6. The van der Waals surface area contributed by atoms with Crippen molar-refractivity contribution in [1.82, 2.24) is 0 Å². The summed E-state index contributed by atoms with van der Waals surface area (Å²) in [5, 5.41) is 0. The lowest BCUT2D eigenvalue weighted by molar-refractivity contribution is 0.0227. The molecule has 0 heterocycles. The molecule has 0 aromatic rings. The molecule has 2 saturated carbocycles. The predicted octanol–water partition coefficient (Wildman–Crippen LogP) is 6.94. The molecular formula is C21H40. The summed E-state index contributed by atoms with van der Waals surface area (Å²) in [5.74, 6) is 4.79. The zero-order valence-corrected chi connectivity index (χ0v) is 15.8. The van der Waals surface area contributed by atoms with Crippen molar-refractivity contribution in [1.29, 1.82) is 0 Å². The SMILES string of the molecule is CC(CCC(C)(C)C)C(C)C1CCC2C(C)CCCC21C. The second-order valence-corrected chi connectivity index (χ2v) is 10.1. The van der Waals surface area contributed by atoms with Gasteiger partial charge in [-0.3, -0.25) is 0 Å². The van der Waals surface area contributed by atoms with Crippen LogP contribution in [0.3, 0.4) is 0 Å². The minimum absolute atomic E-state index is 0.495. The monoisotopic (exact) mass is 292 g/mol. The molecule has 0 nitrogen and oxygen atoms in total. The molecule has 0 spiro atoms. The molecule has 0 saturated heterocycles. The van der Waals surface area contributed by atoms with Gasteiger partial charge in [0, 0.05) is 0 Å². The molecule has 2 fully saturated rings. The Kier molecular flexibility index (Phi) is 5.16. The van der Waals surface area contributed by atoms with Crippen LogP contribution in [-0.4, -0.2) is 0 Å². The molecule has 0 bridgehead atoms. The molecule has 0 heteroatoms. The number of rotatable bonds is 4. The van der Waals surface area contributed by atoms with Crippen molar-refractivity contribution >= 4 is 0 Å². The molecule has 6 atom stereocenters. The molecule has 0 N–H and O–H groups in total. The molecule has 0 amide bonds. The molecule has 124 valence electrons. The van der Waals surface area contributed by atoms with E-state index in [1.165, 1.54) is 44.9 Å². The maximum absolute atomic E-state index is 2.65. The normalized spacial score (nSPS) is 39.9. The first-order valence-corrected chi connectivity index (χ1v) is 9.65. The van der Waals surface area contributed by atoms with E-state index < -0.39 is 0 Å². The predicted molar refractivity (Wildman–Crippen MR) is 94.4 cm³/mol. The van der Waals surface area contributed by atoms with Crippen LogP contribution in [-0.2, 0) is 0 Å². The Morgan fingerprint density at radius 1 is 1.10 bits per heavy atom. The average Bonchev–Trinajstić information content (AvgIpc) is 2.73. The summed E-state index contributed by atoms with van der Waals surface area (Å²) in [7, 11) is 0. The zero-order chi connectivity index (χ0) is 15.8. The van der Waals surface area contributed by atoms with Crippen LogP contribution in [0.15, 0.2) is 0 Å². The molecule has 0 aliphatic heterocycles. The van der Waals surface area contributed by atoms with Gasteiger partial charge in [-0.2, -0.15) is 0 Å². The van der Waals surface area contributed by atoms with Crippen LogP contribution >= 0.6 is 0 Å². The standard InChI is InChI=1S/C21H40/c1-15(12-14-20(4,5)6)17(3)19-11-10-18-16(2)9-8-13-21(18,19)7/h15-19H,8-14H2,1-7H3. The number of fused-ring (bicyclic) bond motifs is 1. The van der Waals surface area contributed by atoms with Crippen molar-refractivity contribution in [2.75, 3.05) is 0 Å². The summed E-state index contributed by atoms with van der Waals surface area (Å²) >= 11 is 0. The first-order chi connectivity index (χ1) is 9.65. The van der Waals surface area contributed by atoms with E-state index in [-0.39, 0.29) is 0 Å². The van der Waals surface area contributed by atoms with E-state index in [9.17, 15) is 0 Å². The summed E-state index contributed by atoms with van der Waals surface area (Å²) in [6.45, 7) is 17.4. The fourth-order valence-electron chi connectivity index (χ4n) is 5.79. The molecule has 2 rings (SSSR count). The topological polar surface area (TPSA) is 0 Å². The zero-order valence-electron chi connectivity index (χ0n) is 15.8. The molecule has 0 radical (unpaired) electrons. The summed E-state index contributed by atoms with van der Waals surface area (Å²) in [4.78, 5) is 0. The van der Waals surface area contributed by atoms with E-state index >= 15 is 0 Å². The Labute approximate surface area is 134 Å². The van der Waals surface area contributed by atoms with Crippen LogP contribution < -0.4 is 0 Å². The third kappa shape index (κ3) is 3.67. The van der Waals surface area contributed by atoms with Gasteiger partial charge in [0.2, 0.25) is 0 Å². The lowest BCUT2D eigenvalue weighted by Crippen LogP contribution is -2.39.